The minimum absolute atomic E-state index is 0.0396. The van der Waals surface area contributed by atoms with Gasteiger partial charge >= 0.3 is 12.4 Å². The Morgan fingerprint density at radius 2 is 1.14 bits per heavy atom. The Kier molecular flexibility index (Phi) is 14.1. The number of carbonyl (C=O) groups is 1. The van der Waals surface area contributed by atoms with Crippen LogP contribution in [0, 0.1) is 0 Å². The summed E-state index contributed by atoms with van der Waals surface area (Å²) in [5, 5.41) is 12.3. The maximum absolute atomic E-state index is 12.3. The predicted molar refractivity (Wildman–Crippen MR) is 155 cm³/mol. The van der Waals surface area contributed by atoms with Crippen molar-refractivity contribution in [2.24, 2.45) is 0 Å². The van der Waals surface area contributed by atoms with Gasteiger partial charge in [0.15, 0.2) is 0 Å². The number of hydrogen-bond acceptors (Lipinski definition) is 7. The van der Waals surface area contributed by atoms with Gasteiger partial charge in [0.05, 0.1) is 28.7 Å². The molecule has 1 N–H and O–H groups in total. The van der Waals surface area contributed by atoms with Gasteiger partial charge in [-0.15, -0.1) is 0 Å². The molecule has 44 heavy (non-hydrogen) atoms. The van der Waals surface area contributed by atoms with Crippen LogP contribution in [0.2, 0.25) is 0 Å². The number of alkyl halides is 6. The van der Waals surface area contributed by atoms with Gasteiger partial charge in [-0.2, -0.15) is 30.7 Å². The third-order valence-electron chi connectivity index (χ3n) is 4.92. The first-order chi connectivity index (χ1) is 20.5. The number of amides is 1. The molecule has 1 amide bonds. The standard InChI is InChI=1S/C8H4F6O3S.C7H5NO3S.2C6H6S/c9-7(10,11)4-1-5(8(12,13)14)3-6(2-4)18-17-16-15;9-7-5-3-1-2-4-6(5)12(10,11)8-7;2*7-6-4-2-1-3-5-6/h1-3,15H;1-4H,(H,8,9);2*1-5,7H/p+1. The number of hydrogen-bond donors (Lipinski definition) is 1. The van der Waals surface area contributed by atoms with Crippen LogP contribution in [0.1, 0.15) is 21.5 Å². The molecule has 17 heteroatoms. The van der Waals surface area contributed by atoms with Crippen LogP contribution in [-0.2, 0) is 57.0 Å². The normalized spacial score (nSPS) is 13.1. The zero-order valence-electron chi connectivity index (χ0n) is 21.8. The van der Waals surface area contributed by atoms with Gasteiger partial charge in [0.1, 0.15) is 14.7 Å². The Morgan fingerprint density at radius 1 is 0.705 bits per heavy atom. The molecule has 0 radical (unpaired) electrons. The highest BCUT2D eigenvalue weighted by Gasteiger charge is 2.37. The molecule has 1 aliphatic rings. The zero-order chi connectivity index (χ0) is 33.0. The van der Waals surface area contributed by atoms with Crippen molar-refractivity contribution in [1.29, 1.82) is 0 Å². The molecule has 0 aliphatic carbocycles. The van der Waals surface area contributed by atoms with E-state index in [1.54, 1.807) is 12.1 Å². The van der Waals surface area contributed by atoms with E-state index in [0.717, 1.165) is 9.79 Å². The lowest BCUT2D eigenvalue weighted by atomic mass is 10.1. The van der Waals surface area contributed by atoms with Crippen molar-refractivity contribution in [3.8, 4) is 0 Å². The Balaban J connectivity index is 0.000000222. The minimum Gasteiger partial charge on any atom is -0.691 e. The molecule has 1 heterocycles. The second kappa shape index (κ2) is 16.8. The van der Waals surface area contributed by atoms with E-state index in [1.165, 1.54) is 12.1 Å². The fourth-order valence-corrected chi connectivity index (χ4v) is 5.04. The summed E-state index contributed by atoms with van der Waals surface area (Å²) in [5.41, 5.74) is -2.79. The van der Waals surface area contributed by atoms with E-state index in [0.29, 0.717) is 12.1 Å². The van der Waals surface area contributed by atoms with Gasteiger partial charge in [-0.25, -0.2) is 13.1 Å². The zero-order valence-corrected chi connectivity index (χ0v) is 25.5. The first kappa shape index (κ1) is 37.0. The molecule has 0 saturated heterocycles. The van der Waals surface area contributed by atoms with E-state index in [4.69, 9.17) is 0 Å². The monoisotopic (exact) mass is 698 g/mol. The highest BCUT2D eigenvalue weighted by molar-refractivity contribution is 7.94. The molecule has 4 aromatic rings. The van der Waals surface area contributed by atoms with Gasteiger partial charge in [0, 0.05) is 4.90 Å². The molecule has 0 spiro atoms. The fourth-order valence-electron chi connectivity index (χ4n) is 3.02. The van der Waals surface area contributed by atoms with Gasteiger partial charge in [-0.1, -0.05) is 48.5 Å². The summed E-state index contributed by atoms with van der Waals surface area (Å²) in [6, 6.07) is 26.8. The number of carbonyl (C=O) groups excluding carboxylic acids is 1. The summed E-state index contributed by atoms with van der Waals surface area (Å²) < 4.78 is 102. The summed E-state index contributed by atoms with van der Waals surface area (Å²) in [6.07, 6.45) is -9.90. The van der Waals surface area contributed by atoms with Gasteiger partial charge in [-0.05, 0) is 79.9 Å². The summed E-state index contributed by atoms with van der Waals surface area (Å²) >= 11 is 6.66. The average Bonchev–Trinajstić information content (AvgIpc) is 3.20. The van der Waals surface area contributed by atoms with Crippen molar-refractivity contribution in [3.05, 3.63) is 120 Å². The van der Waals surface area contributed by atoms with Gasteiger partial charge < -0.3 is 5.26 Å². The van der Waals surface area contributed by atoms with Gasteiger partial charge in [0.2, 0.25) is 0 Å². The second-order valence-corrected chi connectivity index (χ2v) is 11.7. The summed E-state index contributed by atoms with van der Waals surface area (Å²) in [5.74, 6) is -0.550. The molecule has 0 aromatic heterocycles. The molecule has 0 atom stereocenters. The molecule has 0 unspecified atom stereocenters. The number of fused-ring (bicyclic) bond motifs is 1. The fraction of sp³-hybridized carbons (Fsp3) is 0.0741. The van der Waals surface area contributed by atoms with Crippen molar-refractivity contribution >= 4 is 53.2 Å². The van der Waals surface area contributed by atoms with Crippen molar-refractivity contribution in [2.75, 3.05) is 0 Å². The number of nitrogens with one attached hydrogen (secondary N) is 1. The quantitative estimate of drug-likeness (QED) is 0.103. The van der Waals surface area contributed by atoms with E-state index >= 15 is 0 Å². The molecule has 1 aliphatic heterocycles. The van der Waals surface area contributed by atoms with Crippen LogP contribution >= 0.6 is 12.0 Å². The van der Waals surface area contributed by atoms with Crippen molar-refractivity contribution in [2.45, 2.75) is 31.9 Å². The molecule has 5 rings (SSSR count). The van der Waals surface area contributed by atoms with Crippen LogP contribution in [0.4, 0.5) is 26.3 Å². The van der Waals surface area contributed by atoms with Crippen LogP contribution in [0.15, 0.2) is 123 Å². The Morgan fingerprint density at radius 3 is 1.50 bits per heavy atom. The van der Waals surface area contributed by atoms with Crippen molar-refractivity contribution in [3.63, 3.8) is 0 Å². The molecule has 0 saturated carbocycles. The molecular weight excluding hydrogens is 677 g/mol. The van der Waals surface area contributed by atoms with E-state index in [2.05, 4.69) is 34.6 Å². The topological polar surface area (TPSA) is 105 Å². The maximum Gasteiger partial charge on any atom is 0.416 e. The second-order valence-electron chi connectivity index (χ2n) is 8.12. The highest BCUT2D eigenvalue weighted by Crippen LogP contribution is 2.38. The molecular formula is C27H22F6NO6S4+. The highest BCUT2D eigenvalue weighted by atomic mass is 32.2. The number of rotatable bonds is 3. The van der Waals surface area contributed by atoms with E-state index < -0.39 is 44.3 Å². The third kappa shape index (κ3) is 12.4. The lowest BCUT2D eigenvalue weighted by molar-refractivity contribution is -0.777. The van der Waals surface area contributed by atoms with E-state index in [1.807, 2.05) is 65.4 Å². The predicted octanol–water partition coefficient (Wildman–Crippen LogP) is 5.19. The van der Waals surface area contributed by atoms with Crippen LogP contribution in [0.5, 0.6) is 0 Å². The minimum atomic E-state index is -4.95. The Hall–Kier alpha value is -3.19. The van der Waals surface area contributed by atoms with Crippen LogP contribution in [0.3, 0.4) is 0 Å². The van der Waals surface area contributed by atoms with Crippen LogP contribution in [0.25, 0.3) is 0 Å². The average molecular weight is 699 g/mol. The number of sulfonamides is 1. The lowest BCUT2D eigenvalue weighted by Gasteiger charge is -2.13. The molecule has 0 bridgehead atoms. The van der Waals surface area contributed by atoms with Crippen molar-refractivity contribution < 1.29 is 54.2 Å². The maximum atomic E-state index is 12.3. The molecule has 4 aromatic carbocycles. The van der Waals surface area contributed by atoms with Gasteiger partial charge in [0.25, 0.3) is 15.9 Å². The molecule has 7 nitrogen and oxygen atoms in total. The number of benzene rings is 4. The van der Waals surface area contributed by atoms with Gasteiger partial charge in [-0.3, -0.25) is 9.83 Å². The first-order valence-electron chi connectivity index (χ1n) is 11.7. The third-order valence-corrected chi connectivity index (χ3v) is 7.52. The van der Waals surface area contributed by atoms with E-state index in [-0.39, 0.29) is 28.6 Å². The largest absolute Gasteiger partial charge is 0.691 e. The Labute approximate surface area is 263 Å². The SMILES string of the molecule is O=C1NS(=O)(=O)c2ccccc21.[O-]OOSc1cc(C(F)(F)F)cc(C(F)(F)F)c1.[SH2+]c1ccccc1.[SH2+]c1ccccc1. The molecule has 236 valence electrons. The van der Waals surface area contributed by atoms with E-state index in [9.17, 15) is 44.8 Å². The van der Waals surface area contributed by atoms with Crippen LogP contribution in [-0.4, -0.2) is 14.3 Å². The molecule has 0 fully saturated rings. The van der Waals surface area contributed by atoms with Crippen molar-refractivity contribution in [1.82, 2.24) is 4.72 Å². The smallest absolute Gasteiger partial charge is 0.416 e. The summed E-state index contributed by atoms with van der Waals surface area (Å²) in [7, 11) is -3.55. The first-order valence-corrected chi connectivity index (χ1v) is 14.9. The lowest BCUT2D eigenvalue weighted by Crippen LogP contribution is -2.20. The summed E-state index contributed by atoms with van der Waals surface area (Å²) in [4.78, 5) is 12.7. The van der Waals surface area contributed by atoms with Crippen LogP contribution < -0.4 is 9.98 Å². The summed E-state index contributed by atoms with van der Waals surface area (Å²) in [6.45, 7) is 0. The Bertz CT molecular complexity index is 1540. The number of halogens is 6.